The molecule has 1 aliphatic rings. The second kappa shape index (κ2) is 9.27. The highest BCUT2D eigenvalue weighted by molar-refractivity contribution is 8.76. The molecule has 0 unspecified atom stereocenters. The topological polar surface area (TPSA) is 118 Å². The van der Waals surface area contributed by atoms with Gasteiger partial charge in [-0.1, -0.05) is 21.6 Å². The smallest absolute Gasteiger partial charge is 0.263 e. The summed E-state index contributed by atoms with van der Waals surface area (Å²) in [4.78, 5) is 25.3. The minimum absolute atomic E-state index is 0.0429. The molecule has 0 aromatic carbocycles. The van der Waals surface area contributed by atoms with Crippen LogP contribution in [-0.2, 0) is 9.47 Å². The molecule has 154 valence electrons. The Morgan fingerprint density at radius 3 is 3.07 bits per heavy atom. The molecule has 1 saturated heterocycles. The SMILES string of the molecule is CSS[C@@H](C)O[C@@H]1C[C@H](n2ncc3c(=O)[nH]c(N=CN(C)C)nc32)O[C@@H]1CO. The van der Waals surface area contributed by atoms with E-state index in [0.29, 0.717) is 17.5 Å². The number of aromatic nitrogens is 4. The third kappa shape index (κ3) is 4.69. The molecule has 2 aromatic heterocycles. The highest BCUT2D eigenvalue weighted by Crippen LogP contribution is 2.35. The first-order chi connectivity index (χ1) is 13.4. The van der Waals surface area contributed by atoms with Gasteiger partial charge in [0, 0.05) is 20.5 Å². The summed E-state index contributed by atoms with van der Waals surface area (Å²) >= 11 is 0. The molecule has 28 heavy (non-hydrogen) atoms. The van der Waals surface area contributed by atoms with E-state index in [1.165, 1.54) is 6.20 Å². The van der Waals surface area contributed by atoms with E-state index in [4.69, 9.17) is 9.47 Å². The van der Waals surface area contributed by atoms with Crippen LogP contribution in [0.3, 0.4) is 0 Å². The van der Waals surface area contributed by atoms with E-state index < -0.39 is 12.3 Å². The average Bonchev–Trinajstić information content (AvgIpc) is 3.24. The Morgan fingerprint density at radius 2 is 2.39 bits per heavy atom. The largest absolute Gasteiger partial charge is 0.394 e. The first-order valence-electron chi connectivity index (χ1n) is 8.72. The van der Waals surface area contributed by atoms with Crippen molar-refractivity contribution in [2.75, 3.05) is 27.0 Å². The number of aliphatic hydroxyl groups is 1. The number of hydrogen-bond acceptors (Lipinski definition) is 9. The second-order valence-corrected chi connectivity index (χ2v) is 9.24. The van der Waals surface area contributed by atoms with Crippen LogP contribution in [0.25, 0.3) is 11.0 Å². The van der Waals surface area contributed by atoms with Gasteiger partial charge in [-0.05, 0) is 13.2 Å². The zero-order valence-corrected chi connectivity index (χ0v) is 17.7. The van der Waals surface area contributed by atoms with Crippen LogP contribution in [0, 0.1) is 0 Å². The van der Waals surface area contributed by atoms with E-state index in [1.54, 1.807) is 37.5 Å². The van der Waals surface area contributed by atoms with Crippen molar-refractivity contribution in [3.8, 4) is 0 Å². The molecule has 12 heteroatoms. The number of nitrogens with one attached hydrogen (secondary N) is 1. The van der Waals surface area contributed by atoms with Crippen LogP contribution in [0.1, 0.15) is 19.6 Å². The lowest BCUT2D eigenvalue weighted by molar-refractivity contribution is -0.0652. The first kappa shape index (κ1) is 21.1. The molecular formula is C16H24N6O4S2. The quantitative estimate of drug-likeness (QED) is 0.278. The van der Waals surface area contributed by atoms with Gasteiger partial charge < -0.3 is 19.5 Å². The number of aromatic amines is 1. The zero-order valence-electron chi connectivity index (χ0n) is 16.1. The maximum Gasteiger partial charge on any atom is 0.263 e. The van der Waals surface area contributed by atoms with Crippen molar-refractivity contribution < 1.29 is 14.6 Å². The summed E-state index contributed by atoms with van der Waals surface area (Å²) < 4.78 is 13.5. The Morgan fingerprint density at radius 1 is 1.61 bits per heavy atom. The minimum atomic E-state index is -0.494. The first-order valence-corrected chi connectivity index (χ1v) is 11.3. The predicted octanol–water partition coefficient (Wildman–Crippen LogP) is 1.36. The summed E-state index contributed by atoms with van der Waals surface area (Å²) in [6.45, 7) is 1.80. The van der Waals surface area contributed by atoms with Gasteiger partial charge in [0.15, 0.2) is 11.9 Å². The van der Waals surface area contributed by atoms with E-state index in [9.17, 15) is 9.90 Å². The highest BCUT2D eigenvalue weighted by atomic mass is 33.1. The van der Waals surface area contributed by atoms with E-state index in [-0.39, 0.29) is 29.7 Å². The van der Waals surface area contributed by atoms with E-state index in [0.717, 1.165) is 0 Å². The summed E-state index contributed by atoms with van der Waals surface area (Å²) in [6, 6.07) is 0. The van der Waals surface area contributed by atoms with Crippen LogP contribution in [0.2, 0.25) is 0 Å². The Kier molecular flexibility index (Phi) is 6.99. The maximum absolute atomic E-state index is 12.3. The number of aliphatic imine (C=N–C) groups is 1. The van der Waals surface area contributed by atoms with Gasteiger partial charge in [-0.3, -0.25) is 9.78 Å². The normalized spacial score (nSPS) is 23.7. The molecule has 4 atom stereocenters. The molecular weight excluding hydrogens is 404 g/mol. The van der Waals surface area contributed by atoms with Gasteiger partial charge in [-0.25, -0.2) is 9.67 Å². The highest BCUT2D eigenvalue weighted by Gasteiger charge is 2.38. The van der Waals surface area contributed by atoms with Crippen molar-refractivity contribution in [3.05, 3.63) is 16.6 Å². The van der Waals surface area contributed by atoms with Crippen LogP contribution >= 0.6 is 21.6 Å². The van der Waals surface area contributed by atoms with E-state index >= 15 is 0 Å². The van der Waals surface area contributed by atoms with E-state index in [1.807, 2.05) is 27.3 Å². The molecule has 1 aliphatic heterocycles. The van der Waals surface area contributed by atoms with Crippen molar-refractivity contribution in [1.82, 2.24) is 24.6 Å². The summed E-state index contributed by atoms with van der Waals surface area (Å²) in [5.74, 6) is 0.183. The molecule has 0 saturated carbocycles. The van der Waals surface area contributed by atoms with Gasteiger partial charge in [0.2, 0.25) is 5.95 Å². The van der Waals surface area contributed by atoms with Crippen LogP contribution in [0.15, 0.2) is 16.0 Å². The van der Waals surface area contributed by atoms with Crippen LogP contribution < -0.4 is 5.56 Å². The van der Waals surface area contributed by atoms with Crippen molar-refractivity contribution in [3.63, 3.8) is 0 Å². The lowest BCUT2D eigenvalue weighted by atomic mass is 10.2. The van der Waals surface area contributed by atoms with Crippen molar-refractivity contribution in [2.45, 2.75) is 37.2 Å². The summed E-state index contributed by atoms with van der Waals surface area (Å²) in [6.07, 6.45) is 4.24. The lowest BCUT2D eigenvalue weighted by Crippen LogP contribution is -2.29. The number of ether oxygens (including phenoxy) is 2. The van der Waals surface area contributed by atoms with Crippen molar-refractivity contribution in [2.24, 2.45) is 4.99 Å². The average molecular weight is 429 g/mol. The standard InChI is InChI=1S/C16H24N6O4S2/c1-9(28-27-4)25-11-5-13(26-12(11)7-23)22-14-10(6-18-22)15(24)20-16(19-14)17-8-21(2)3/h6,8-9,11-13,23H,5,7H2,1-4H3,(H,19,20,24)/t9-,11+,12+,13+/m0/s1. The van der Waals surface area contributed by atoms with Gasteiger partial charge in [0.25, 0.3) is 5.56 Å². The summed E-state index contributed by atoms with van der Waals surface area (Å²) in [5.41, 5.74) is 0.0129. The fraction of sp³-hybridized carbons (Fsp3) is 0.625. The van der Waals surface area contributed by atoms with E-state index in [2.05, 4.69) is 20.1 Å². The van der Waals surface area contributed by atoms with Crippen LogP contribution in [0.4, 0.5) is 5.95 Å². The number of fused-ring (bicyclic) bond motifs is 1. The fourth-order valence-corrected chi connectivity index (χ4v) is 4.34. The molecule has 2 aromatic rings. The predicted molar refractivity (Wildman–Crippen MR) is 111 cm³/mol. The molecule has 0 radical (unpaired) electrons. The second-order valence-electron chi connectivity index (χ2n) is 6.48. The minimum Gasteiger partial charge on any atom is -0.394 e. The van der Waals surface area contributed by atoms with Crippen molar-refractivity contribution >= 4 is 44.9 Å². The summed E-state index contributed by atoms with van der Waals surface area (Å²) in [5, 5.41) is 14.3. The molecule has 0 spiro atoms. The number of hydrogen-bond donors (Lipinski definition) is 2. The number of aliphatic hydroxyl groups excluding tert-OH is 1. The molecule has 3 heterocycles. The van der Waals surface area contributed by atoms with Gasteiger partial charge in [0.05, 0.1) is 25.2 Å². The molecule has 2 N–H and O–H groups in total. The number of nitrogens with zero attached hydrogens (tertiary/aromatic N) is 5. The molecule has 10 nitrogen and oxygen atoms in total. The summed E-state index contributed by atoms with van der Waals surface area (Å²) in [7, 11) is 6.86. The van der Waals surface area contributed by atoms with Crippen molar-refractivity contribution in [1.29, 1.82) is 0 Å². The lowest BCUT2D eigenvalue weighted by Gasteiger charge is -2.20. The molecule has 1 fully saturated rings. The Labute approximate surface area is 170 Å². The Bertz CT molecular complexity index is 886. The van der Waals surface area contributed by atoms with Crippen LogP contribution in [0.5, 0.6) is 0 Å². The molecule has 0 amide bonds. The van der Waals surface area contributed by atoms with Gasteiger partial charge in [0.1, 0.15) is 16.9 Å². The van der Waals surface area contributed by atoms with Crippen LogP contribution in [-0.4, -0.2) is 80.7 Å². The Balaban J connectivity index is 1.87. The maximum atomic E-state index is 12.3. The fourth-order valence-electron chi connectivity index (χ4n) is 2.93. The zero-order chi connectivity index (χ0) is 20.3. The molecule has 0 bridgehead atoms. The monoisotopic (exact) mass is 428 g/mol. The third-order valence-corrected chi connectivity index (χ3v) is 6.06. The third-order valence-electron chi connectivity index (χ3n) is 4.09. The van der Waals surface area contributed by atoms with Gasteiger partial charge in [-0.15, -0.1) is 0 Å². The van der Waals surface area contributed by atoms with Gasteiger partial charge >= 0.3 is 0 Å². The number of H-pyrrole nitrogens is 1. The van der Waals surface area contributed by atoms with Gasteiger partial charge in [-0.2, -0.15) is 10.1 Å². The number of rotatable bonds is 8. The molecule has 0 aliphatic carbocycles. The Hall–Kier alpha value is -1.60. The molecule has 3 rings (SSSR count).